The quantitative estimate of drug-likeness (QED) is 0.0168. The monoisotopic (exact) mass is 1510 g/mol. The fraction of sp³-hybridized carbons (Fsp3) is 0.652. The lowest BCUT2D eigenvalue weighted by molar-refractivity contribution is -0.137. The predicted molar refractivity (Wildman–Crippen MR) is 409 cm³/mol. The molecule has 0 radical (unpaired) electrons. The maximum atomic E-state index is 14.9. The fourth-order valence-corrected chi connectivity index (χ4v) is 10.9. The zero-order chi connectivity index (χ0) is 81.1. The Labute approximate surface area is 626 Å². The van der Waals surface area contributed by atoms with Gasteiger partial charge in [0.1, 0.15) is 66.5 Å². The van der Waals surface area contributed by atoms with E-state index in [-0.39, 0.29) is 107 Å². The number of nitrogens with two attached hydrogens (primary N) is 10. The first kappa shape index (κ1) is 92.5. The van der Waals surface area contributed by atoms with Crippen LogP contribution in [0.3, 0.4) is 0 Å². The molecule has 38 nitrogen and oxygen atoms in total. The van der Waals surface area contributed by atoms with Crippen molar-refractivity contribution in [2.45, 2.75) is 227 Å². The van der Waals surface area contributed by atoms with Crippen LogP contribution in [0.4, 0.5) is 0 Å². The van der Waals surface area contributed by atoms with Gasteiger partial charge in [-0.05, 0) is 99.0 Å². The third-order valence-electron chi connectivity index (χ3n) is 17.8. The van der Waals surface area contributed by atoms with Crippen molar-refractivity contribution in [2.24, 2.45) is 113 Å². The number of rotatable bonds is 48. The largest absolute Gasteiger partial charge is 0.370 e. The van der Waals surface area contributed by atoms with Gasteiger partial charge in [0.25, 0.3) is 0 Å². The van der Waals surface area contributed by atoms with Crippen molar-refractivity contribution in [3.05, 3.63) is 36.0 Å². The normalized spacial score (nSPS) is 15.2. The minimum Gasteiger partial charge on any atom is -0.370 e. The van der Waals surface area contributed by atoms with Gasteiger partial charge in [-0.25, -0.2) is 0 Å². The zero-order valence-corrected chi connectivity index (χ0v) is 64.1. The van der Waals surface area contributed by atoms with Crippen LogP contribution in [-0.4, -0.2) is 198 Å². The molecular weight excluding hydrogens is 1380 g/mol. The molecule has 0 spiro atoms. The maximum Gasteiger partial charge on any atom is 0.245 e. The number of fused-ring (bicyclic) bond motifs is 1. The minimum absolute atomic E-state index is 0.000499. The highest BCUT2D eigenvalue weighted by molar-refractivity contribution is 6.00. The van der Waals surface area contributed by atoms with Crippen LogP contribution in [-0.2, 0) is 64.0 Å². The first-order valence-corrected chi connectivity index (χ1v) is 36.3. The summed E-state index contributed by atoms with van der Waals surface area (Å²) in [5, 5.41) is 30.3. The number of benzene rings is 1. The molecule has 0 unspecified atom stereocenters. The Kier molecular flexibility index (Phi) is 40.1. The molecule has 2 aromatic rings. The second-order valence-electron chi connectivity index (χ2n) is 28.3. The summed E-state index contributed by atoms with van der Waals surface area (Å²) in [7, 11) is 0. The number of nitrogens with zero attached hydrogens (tertiary/aromatic N) is 4. The number of carbonyl (C=O) groups excluding carboxylic acids is 12. The Hall–Kier alpha value is -10.6. The van der Waals surface area contributed by atoms with E-state index in [4.69, 9.17) is 57.3 Å². The van der Waals surface area contributed by atoms with Gasteiger partial charge in [-0.2, -0.15) is 0 Å². The van der Waals surface area contributed by atoms with Crippen LogP contribution in [0.25, 0.3) is 10.9 Å². The van der Waals surface area contributed by atoms with Crippen molar-refractivity contribution >= 4 is 106 Å². The van der Waals surface area contributed by atoms with Gasteiger partial charge >= 0.3 is 0 Å². The molecule has 32 N–H and O–H groups in total. The Morgan fingerprint density at radius 2 is 0.757 bits per heavy atom. The number of hydrogen-bond donors (Lipinski definition) is 22. The average Bonchev–Trinajstić information content (AvgIpc) is 1.70. The van der Waals surface area contributed by atoms with Gasteiger partial charge in [0.2, 0.25) is 70.9 Å². The van der Waals surface area contributed by atoms with Gasteiger partial charge in [-0.15, -0.1) is 0 Å². The lowest BCUT2D eigenvalue weighted by atomic mass is 9.95. The molecule has 1 heterocycles. The number of aromatic nitrogens is 1. The number of hydrogen-bond acceptors (Lipinski definition) is 17. The number of H-pyrrole nitrogens is 1. The van der Waals surface area contributed by atoms with Crippen molar-refractivity contribution in [1.29, 1.82) is 0 Å². The van der Waals surface area contributed by atoms with Crippen molar-refractivity contribution in [2.75, 3.05) is 26.2 Å². The first-order chi connectivity index (χ1) is 50.1. The second kappa shape index (κ2) is 46.4. The van der Waals surface area contributed by atoms with Crippen molar-refractivity contribution in [1.82, 2.24) is 63.5 Å². The van der Waals surface area contributed by atoms with Gasteiger partial charge in [0.05, 0.1) is 12.6 Å². The van der Waals surface area contributed by atoms with E-state index in [1.54, 1.807) is 99.7 Å². The van der Waals surface area contributed by atoms with E-state index in [0.717, 1.165) is 0 Å². The lowest BCUT2D eigenvalue weighted by Gasteiger charge is -2.31. The number of guanidine groups is 4. The summed E-state index contributed by atoms with van der Waals surface area (Å²) < 4.78 is 0. The van der Waals surface area contributed by atoms with Gasteiger partial charge < -0.3 is 121 Å². The van der Waals surface area contributed by atoms with Crippen molar-refractivity contribution < 1.29 is 57.5 Å². The molecule has 14 atom stereocenters. The molecule has 0 aliphatic rings. The zero-order valence-electron chi connectivity index (χ0n) is 64.1. The Bertz CT molecular complexity index is 3410. The molecule has 12 amide bonds. The van der Waals surface area contributed by atoms with E-state index in [1.165, 1.54) is 6.92 Å². The molecule has 0 aliphatic carbocycles. The van der Waals surface area contributed by atoms with Crippen LogP contribution < -0.4 is 116 Å². The topological polar surface area (TPSA) is 663 Å². The number of para-hydroxylation sites is 1. The third kappa shape index (κ3) is 32.8. The van der Waals surface area contributed by atoms with Crippen LogP contribution in [0.2, 0.25) is 0 Å². The smallest absolute Gasteiger partial charge is 0.245 e. The number of amides is 12. The summed E-state index contributed by atoms with van der Waals surface area (Å²) >= 11 is 0. The van der Waals surface area contributed by atoms with E-state index in [9.17, 15) is 57.5 Å². The second-order valence-corrected chi connectivity index (χ2v) is 28.3. The van der Waals surface area contributed by atoms with Gasteiger partial charge in [-0.3, -0.25) is 77.5 Å². The van der Waals surface area contributed by atoms with Crippen molar-refractivity contribution in [3.8, 4) is 0 Å². The Morgan fingerprint density at radius 3 is 1.21 bits per heavy atom. The molecular formula is C69H122N26O12. The SMILES string of the molecule is CC[C@H](C)[C@H](NC(=O)[C@H](CCCN=C(N)N)NC(=O)[C@@H](NC(=O)[C@H](C)NC(=O)[C@@H](NC(=O)[C@@H](NC(=O)[C@H](CC(C)C)NC(=O)[C@H](CCCN=C(N)N)NC(=O)[C@@H](N)C(C)C)[C@@H](C)CC)C(C)C)C(C)C)C(=O)N[C@@H](Cc1c[nH]c2ccccc12)C(=O)N[C@@H](CN=C(N)N)C(=O)N[C@@H](CCCN=C(N)N)C(N)=O. The number of carbonyl (C=O) groups is 12. The fourth-order valence-electron chi connectivity index (χ4n) is 10.9. The number of nitrogens with one attached hydrogen (secondary N) is 12. The van der Waals surface area contributed by atoms with Crippen LogP contribution in [0.15, 0.2) is 50.4 Å². The molecule has 0 fully saturated rings. The minimum atomic E-state index is -1.56. The highest BCUT2D eigenvalue weighted by atomic mass is 16.2. The van der Waals surface area contributed by atoms with E-state index in [0.29, 0.717) is 22.9 Å². The van der Waals surface area contributed by atoms with E-state index < -0.39 is 180 Å². The predicted octanol–water partition coefficient (Wildman–Crippen LogP) is -4.58. The summed E-state index contributed by atoms with van der Waals surface area (Å²) in [6.07, 6.45) is 2.80. The summed E-state index contributed by atoms with van der Waals surface area (Å²) in [6, 6.07) is -8.54. The molecule has 38 heteroatoms. The maximum absolute atomic E-state index is 14.9. The molecule has 0 saturated heterocycles. The molecule has 1 aromatic heterocycles. The third-order valence-corrected chi connectivity index (χ3v) is 17.8. The molecule has 0 bridgehead atoms. The van der Waals surface area contributed by atoms with E-state index in [1.807, 2.05) is 13.8 Å². The molecule has 0 saturated carbocycles. The lowest BCUT2D eigenvalue weighted by Crippen LogP contribution is -2.62. The van der Waals surface area contributed by atoms with Gasteiger partial charge in [-0.1, -0.05) is 114 Å². The molecule has 2 rings (SSSR count). The average molecular weight is 1510 g/mol. The highest BCUT2D eigenvalue weighted by Crippen LogP contribution is 2.21. The molecule has 107 heavy (non-hydrogen) atoms. The Morgan fingerprint density at radius 1 is 0.393 bits per heavy atom. The summed E-state index contributed by atoms with van der Waals surface area (Å²) in [5.74, 6) is -13.6. The first-order valence-electron chi connectivity index (χ1n) is 36.3. The van der Waals surface area contributed by atoms with Crippen molar-refractivity contribution in [3.63, 3.8) is 0 Å². The molecule has 0 aliphatic heterocycles. The molecule has 600 valence electrons. The van der Waals surface area contributed by atoms with Crippen LogP contribution in [0.1, 0.15) is 153 Å². The summed E-state index contributed by atoms with van der Waals surface area (Å²) in [6.45, 7) is 21.7. The summed E-state index contributed by atoms with van der Waals surface area (Å²) in [4.78, 5) is 189. The summed E-state index contributed by atoms with van der Waals surface area (Å²) in [5.41, 5.74) is 57.4. The molecule has 1 aromatic carbocycles. The van der Waals surface area contributed by atoms with E-state index in [2.05, 4.69) is 83.4 Å². The highest BCUT2D eigenvalue weighted by Gasteiger charge is 2.39. The Balaban J connectivity index is 2.50. The standard InChI is InChI=1S/C69H122N26O12/c1-14-37(11)52(64(106)90-47(30-40-31-83-42-22-17-16-21-41(40)42)58(100)91-48(32-84-69(78)79)60(102)86-43(54(71)96)23-18-26-80-66(72)73)94-57(99)45(25-20-28-82-68(76)77)88-63(105)51(36(9)10)92-55(97)39(13)85-62(104)50(35(7)8)93-65(107)53(38(12)15-2)95-59(101)46(29-33(3)4)89-56(98)44(24-19-27-81-67(74)75)87-61(103)49(70)34(5)6/h16-17,21-22,31,33-39,43-53,83H,14-15,18-20,23-30,32,70H2,1-13H3,(H2,71,96)(H,85,104)(H,86,102)(H,87,103)(H,88,105)(H,89,98)(H,90,106)(H,91,100)(H,92,97)(H,93,107)(H,94,99)(H,95,101)(H4,72,73,80)(H4,74,75,81)(H4,76,77,82)(H4,78,79,84)/t37-,38-,39-,43-,44-,45-,46-,47-,48-,49-,50-,51-,52-,53-/m0/s1. The number of aliphatic imine (C=N–C) groups is 4. The van der Waals surface area contributed by atoms with Crippen LogP contribution in [0, 0.1) is 35.5 Å². The van der Waals surface area contributed by atoms with Crippen LogP contribution in [0.5, 0.6) is 0 Å². The number of primary amides is 1. The van der Waals surface area contributed by atoms with Crippen LogP contribution >= 0.6 is 0 Å². The van der Waals surface area contributed by atoms with Gasteiger partial charge in [0.15, 0.2) is 23.8 Å². The van der Waals surface area contributed by atoms with Gasteiger partial charge in [0, 0.05) is 43.2 Å². The van der Waals surface area contributed by atoms with E-state index >= 15 is 0 Å². The number of aromatic amines is 1.